The minimum Gasteiger partial charge on any atom is -0.313 e. The summed E-state index contributed by atoms with van der Waals surface area (Å²) in [5.41, 5.74) is 1.03. The molecule has 0 bridgehead atoms. The average molecular weight is 372 g/mol. The fourth-order valence-corrected chi connectivity index (χ4v) is 3.71. The van der Waals surface area contributed by atoms with Gasteiger partial charge in [-0.25, -0.2) is 0 Å². The van der Waals surface area contributed by atoms with Crippen LogP contribution < -0.4 is 0 Å². The molecule has 3 aromatic rings. The van der Waals surface area contributed by atoms with Gasteiger partial charge in [0.15, 0.2) is 5.82 Å². The summed E-state index contributed by atoms with van der Waals surface area (Å²) < 4.78 is 4.00. The lowest BCUT2D eigenvalue weighted by Crippen LogP contribution is -2.37. The van der Waals surface area contributed by atoms with Crippen molar-refractivity contribution in [2.45, 2.75) is 25.9 Å². The van der Waals surface area contributed by atoms with Crippen LogP contribution in [0.3, 0.4) is 0 Å². The maximum absolute atomic E-state index is 5.98. The number of rotatable bonds is 5. The molecule has 2 aromatic heterocycles. The molecule has 1 saturated heterocycles. The highest BCUT2D eigenvalue weighted by Crippen LogP contribution is 2.22. The topological polar surface area (TPSA) is 64.7 Å². The molecule has 3 heterocycles. The summed E-state index contributed by atoms with van der Waals surface area (Å²) in [5.74, 6) is 2.44. The van der Waals surface area contributed by atoms with Crippen LogP contribution in [0.4, 0.5) is 0 Å². The van der Waals surface area contributed by atoms with Gasteiger partial charge in [0.2, 0.25) is 0 Å². The monoisotopic (exact) mass is 371 g/mol. The lowest BCUT2D eigenvalue weighted by molar-refractivity contribution is 0.148. The van der Waals surface area contributed by atoms with Crippen molar-refractivity contribution >= 4 is 11.6 Å². The Hall–Kier alpha value is -2.25. The molecule has 1 aliphatic rings. The molecule has 0 saturated carbocycles. The average Bonchev–Trinajstić information content (AvgIpc) is 3.27. The van der Waals surface area contributed by atoms with E-state index < -0.39 is 0 Å². The van der Waals surface area contributed by atoms with Crippen LogP contribution in [-0.4, -0.2) is 47.7 Å². The molecular formula is C18H22ClN7. The highest BCUT2D eigenvalue weighted by Gasteiger charge is 2.22. The van der Waals surface area contributed by atoms with Crippen molar-refractivity contribution in [3.63, 3.8) is 0 Å². The van der Waals surface area contributed by atoms with E-state index in [1.54, 1.807) is 6.20 Å². The van der Waals surface area contributed by atoms with Crippen molar-refractivity contribution in [1.82, 2.24) is 34.7 Å². The molecule has 136 valence electrons. The normalized spacial score (nSPS) is 18.3. The van der Waals surface area contributed by atoms with Crippen LogP contribution >= 0.6 is 11.6 Å². The standard InChI is InChI=1S/C18H22ClN7/c1-24-17(21-22-18(24)15-4-6-16(19)7-5-15)13-25-9-2-3-14(11-25)12-26-10-8-20-23-26/h4-8,10,14H,2-3,9,11-13H2,1H3. The first kappa shape index (κ1) is 17.2. The van der Waals surface area contributed by atoms with Crippen molar-refractivity contribution in [3.8, 4) is 11.4 Å². The van der Waals surface area contributed by atoms with Crippen LogP contribution in [0.1, 0.15) is 18.7 Å². The first-order valence-corrected chi connectivity index (χ1v) is 9.27. The number of hydrogen-bond donors (Lipinski definition) is 0. The predicted octanol–water partition coefficient (Wildman–Crippen LogP) is 2.64. The predicted molar refractivity (Wildman–Crippen MR) is 99.5 cm³/mol. The number of aromatic nitrogens is 6. The summed E-state index contributed by atoms with van der Waals surface area (Å²) >= 11 is 5.98. The van der Waals surface area contributed by atoms with Gasteiger partial charge in [-0.15, -0.1) is 15.3 Å². The molecule has 0 N–H and O–H groups in total. The Labute approximate surface area is 157 Å². The molecule has 1 aromatic carbocycles. The Morgan fingerprint density at radius 1 is 1.19 bits per heavy atom. The van der Waals surface area contributed by atoms with E-state index in [0.29, 0.717) is 5.92 Å². The molecule has 0 aliphatic carbocycles. The lowest BCUT2D eigenvalue weighted by Gasteiger charge is -2.32. The molecule has 4 rings (SSSR count). The number of hydrogen-bond acceptors (Lipinski definition) is 5. The summed E-state index contributed by atoms with van der Waals surface area (Å²) in [5, 5.41) is 17.5. The number of nitrogens with zero attached hydrogens (tertiary/aromatic N) is 7. The summed E-state index contributed by atoms with van der Waals surface area (Å²) in [7, 11) is 2.02. The fourth-order valence-electron chi connectivity index (χ4n) is 3.59. The maximum Gasteiger partial charge on any atom is 0.163 e. The van der Waals surface area contributed by atoms with E-state index in [9.17, 15) is 0 Å². The first-order valence-electron chi connectivity index (χ1n) is 8.89. The quantitative estimate of drug-likeness (QED) is 0.689. The van der Waals surface area contributed by atoms with E-state index in [0.717, 1.165) is 48.4 Å². The smallest absolute Gasteiger partial charge is 0.163 e. The van der Waals surface area contributed by atoms with E-state index in [1.807, 2.05) is 42.2 Å². The summed E-state index contributed by atoms with van der Waals surface area (Å²) in [6, 6.07) is 7.71. The van der Waals surface area contributed by atoms with Gasteiger partial charge in [-0.05, 0) is 49.6 Å². The third-order valence-electron chi connectivity index (χ3n) is 4.95. The molecule has 0 amide bonds. The van der Waals surface area contributed by atoms with Gasteiger partial charge in [-0.2, -0.15) is 0 Å². The fraction of sp³-hybridized carbons (Fsp3) is 0.444. The number of piperidine rings is 1. The SMILES string of the molecule is Cn1c(CN2CCCC(Cn3ccnn3)C2)nnc1-c1ccc(Cl)cc1. The highest BCUT2D eigenvalue weighted by molar-refractivity contribution is 6.30. The molecular weight excluding hydrogens is 350 g/mol. The van der Waals surface area contributed by atoms with Gasteiger partial charge in [0.25, 0.3) is 0 Å². The molecule has 7 nitrogen and oxygen atoms in total. The van der Waals surface area contributed by atoms with Crippen LogP contribution in [0.5, 0.6) is 0 Å². The minimum atomic E-state index is 0.592. The van der Waals surface area contributed by atoms with Crippen LogP contribution in [-0.2, 0) is 20.1 Å². The van der Waals surface area contributed by atoms with Gasteiger partial charge in [0, 0.05) is 36.9 Å². The zero-order chi connectivity index (χ0) is 17.9. The Bertz CT molecular complexity index is 841. The highest BCUT2D eigenvalue weighted by atomic mass is 35.5. The Morgan fingerprint density at radius 2 is 2.04 bits per heavy atom. The summed E-state index contributed by atoms with van der Waals surface area (Å²) in [4.78, 5) is 2.46. The molecule has 8 heteroatoms. The van der Waals surface area contributed by atoms with Crippen molar-refractivity contribution in [3.05, 3.63) is 47.5 Å². The molecule has 0 spiro atoms. The van der Waals surface area contributed by atoms with Crippen LogP contribution in [0, 0.1) is 5.92 Å². The largest absolute Gasteiger partial charge is 0.313 e. The molecule has 1 atom stereocenters. The second-order valence-electron chi connectivity index (χ2n) is 6.87. The van der Waals surface area contributed by atoms with Gasteiger partial charge < -0.3 is 4.57 Å². The van der Waals surface area contributed by atoms with Gasteiger partial charge >= 0.3 is 0 Å². The second-order valence-corrected chi connectivity index (χ2v) is 7.31. The van der Waals surface area contributed by atoms with E-state index in [1.165, 1.54) is 12.8 Å². The van der Waals surface area contributed by atoms with Gasteiger partial charge in [0.05, 0.1) is 12.7 Å². The van der Waals surface area contributed by atoms with Gasteiger partial charge in [-0.3, -0.25) is 9.58 Å². The van der Waals surface area contributed by atoms with Crippen LogP contribution in [0.15, 0.2) is 36.7 Å². The molecule has 26 heavy (non-hydrogen) atoms. The Kier molecular flexibility index (Phi) is 4.99. The number of likely N-dealkylation sites (tertiary alicyclic amines) is 1. The van der Waals surface area contributed by atoms with E-state index >= 15 is 0 Å². The zero-order valence-electron chi connectivity index (χ0n) is 14.8. The third-order valence-corrected chi connectivity index (χ3v) is 5.20. The molecule has 1 fully saturated rings. The zero-order valence-corrected chi connectivity index (χ0v) is 15.5. The lowest BCUT2D eigenvalue weighted by atomic mass is 9.98. The molecule has 0 radical (unpaired) electrons. The van der Waals surface area contributed by atoms with Crippen LogP contribution in [0.25, 0.3) is 11.4 Å². The van der Waals surface area contributed by atoms with Crippen molar-refractivity contribution in [2.75, 3.05) is 13.1 Å². The van der Waals surface area contributed by atoms with E-state index in [4.69, 9.17) is 11.6 Å². The van der Waals surface area contributed by atoms with Crippen molar-refractivity contribution < 1.29 is 0 Å². The maximum atomic E-state index is 5.98. The van der Waals surface area contributed by atoms with Gasteiger partial charge in [0.1, 0.15) is 5.82 Å². The van der Waals surface area contributed by atoms with Gasteiger partial charge in [-0.1, -0.05) is 16.8 Å². The second kappa shape index (κ2) is 7.55. The third kappa shape index (κ3) is 3.78. The van der Waals surface area contributed by atoms with Crippen molar-refractivity contribution in [1.29, 1.82) is 0 Å². The first-order chi connectivity index (χ1) is 12.7. The number of halogens is 1. The van der Waals surface area contributed by atoms with E-state index in [-0.39, 0.29) is 0 Å². The Morgan fingerprint density at radius 3 is 2.81 bits per heavy atom. The Balaban J connectivity index is 1.43. The van der Waals surface area contributed by atoms with Crippen LogP contribution in [0.2, 0.25) is 5.02 Å². The summed E-state index contributed by atoms with van der Waals surface area (Å²) in [6.45, 7) is 3.87. The molecule has 1 unspecified atom stereocenters. The minimum absolute atomic E-state index is 0.592. The molecule has 1 aliphatic heterocycles. The summed E-state index contributed by atoms with van der Waals surface area (Å²) in [6.07, 6.45) is 6.09. The number of benzene rings is 1. The van der Waals surface area contributed by atoms with Crippen molar-refractivity contribution in [2.24, 2.45) is 13.0 Å². The van der Waals surface area contributed by atoms with E-state index in [2.05, 4.69) is 30.0 Å².